The van der Waals surface area contributed by atoms with Crippen LogP contribution in [0.15, 0.2) is 54.0 Å². The molecule has 0 atom stereocenters. The summed E-state index contributed by atoms with van der Waals surface area (Å²) in [5.41, 5.74) is 2.50. The van der Waals surface area contributed by atoms with Crippen LogP contribution in [0.3, 0.4) is 0 Å². The van der Waals surface area contributed by atoms with Crippen molar-refractivity contribution in [3.05, 3.63) is 54.5 Å². The number of amides is 1. The molecule has 0 N–H and O–H groups in total. The van der Waals surface area contributed by atoms with E-state index in [1.165, 1.54) is 15.4 Å². The van der Waals surface area contributed by atoms with Gasteiger partial charge >= 0.3 is 0 Å². The van der Waals surface area contributed by atoms with Crippen LogP contribution in [0.2, 0.25) is 0 Å². The third kappa shape index (κ3) is 4.60. The first kappa shape index (κ1) is 21.8. The molecular weight excluding hydrogens is 412 g/mol. The summed E-state index contributed by atoms with van der Waals surface area (Å²) >= 11 is 0. The fraction of sp³-hybridized carbons (Fsp3) is 0.478. The molecule has 1 amide bonds. The lowest BCUT2D eigenvalue weighted by atomic mass is 9.94. The lowest BCUT2D eigenvalue weighted by Crippen LogP contribution is -2.45. The second-order valence-electron chi connectivity index (χ2n) is 8.56. The Morgan fingerprint density at radius 3 is 2.39 bits per heavy atom. The monoisotopic (exact) mass is 442 g/mol. The first-order valence-corrected chi connectivity index (χ1v) is 12.4. The van der Waals surface area contributed by atoms with Gasteiger partial charge in [-0.3, -0.25) is 4.79 Å². The zero-order valence-electron chi connectivity index (χ0n) is 18.1. The Morgan fingerprint density at radius 2 is 1.81 bits per heavy atom. The van der Waals surface area contributed by atoms with E-state index in [2.05, 4.69) is 23.2 Å². The van der Waals surface area contributed by atoms with Gasteiger partial charge in [-0.1, -0.05) is 36.4 Å². The summed E-state index contributed by atoms with van der Waals surface area (Å²) in [6.45, 7) is 6.00. The molecule has 1 aromatic heterocycles. The normalized spacial score (nSPS) is 18.9. The van der Waals surface area contributed by atoms with Gasteiger partial charge in [0.05, 0.1) is 6.33 Å². The van der Waals surface area contributed by atoms with Crippen molar-refractivity contribution < 1.29 is 13.2 Å². The van der Waals surface area contributed by atoms with Crippen LogP contribution in [-0.4, -0.2) is 59.3 Å². The third-order valence-corrected chi connectivity index (χ3v) is 8.03. The molecule has 1 saturated heterocycles. The number of hydrogen-bond acceptors (Lipinski definition) is 4. The summed E-state index contributed by atoms with van der Waals surface area (Å²) in [7, 11) is -3.62. The molecule has 7 nitrogen and oxygen atoms in total. The van der Waals surface area contributed by atoms with E-state index in [0.29, 0.717) is 39.0 Å². The van der Waals surface area contributed by atoms with Crippen molar-refractivity contribution in [1.29, 1.82) is 0 Å². The largest absolute Gasteiger partial charge is 0.338 e. The van der Waals surface area contributed by atoms with E-state index >= 15 is 0 Å². The Hall–Kier alpha value is -2.45. The fourth-order valence-corrected chi connectivity index (χ4v) is 5.64. The first-order chi connectivity index (χ1) is 14.9. The van der Waals surface area contributed by atoms with Crippen molar-refractivity contribution >= 4 is 21.5 Å². The van der Waals surface area contributed by atoms with E-state index in [4.69, 9.17) is 0 Å². The Morgan fingerprint density at radius 1 is 1.10 bits per heavy atom. The average molecular weight is 443 g/mol. The van der Waals surface area contributed by atoms with E-state index < -0.39 is 10.0 Å². The second kappa shape index (κ2) is 8.96. The van der Waals surface area contributed by atoms with Gasteiger partial charge in [-0.05, 0) is 44.2 Å². The number of rotatable bonds is 5. The van der Waals surface area contributed by atoms with Crippen LogP contribution < -0.4 is 0 Å². The van der Waals surface area contributed by atoms with Gasteiger partial charge in [-0.2, -0.15) is 4.31 Å². The quantitative estimate of drug-likeness (QED) is 0.713. The highest BCUT2D eigenvalue weighted by atomic mass is 32.2. The molecule has 0 saturated carbocycles. The minimum absolute atomic E-state index is 0.0839. The van der Waals surface area contributed by atoms with Gasteiger partial charge in [0.1, 0.15) is 0 Å². The van der Waals surface area contributed by atoms with Crippen LogP contribution in [0, 0.1) is 5.92 Å². The van der Waals surface area contributed by atoms with E-state index in [0.717, 1.165) is 6.42 Å². The molecule has 0 unspecified atom stereocenters. The predicted octanol–water partition coefficient (Wildman–Crippen LogP) is 3.18. The highest BCUT2D eigenvalue weighted by Gasteiger charge is 2.35. The summed E-state index contributed by atoms with van der Waals surface area (Å²) in [6, 6.07) is 10.4. The van der Waals surface area contributed by atoms with E-state index in [9.17, 15) is 13.2 Å². The molecule has 1 fully saturated rings. The van der Waals surface area contributed by atoms with Crippen molar-refractivity contribution in [2.45, 2.75) is 44.2 Å². The Labute approximate surface area is 184 Å². The Kier molecular flexibility index (Phi) is 6.29. The van der Waals surface area contributed by atoms with E-state index in [-0.39, 0.29) is 22.9 Å². The molecule has 31 heavy (non-hydrogen) atoms. The molecule has 4 rings (SSSR count). The zero-order chi connectivity index (χ0) is 22.0. The van der Waals surface area contributed by atoms with Gasteiger partial charge in [-0.25, -0.2) is 13.4 Å². The molecule has 1 aromatic carbocycles. The second-order valence-corrected chi connectivity index (χ2v) is 10.4. The van der Waals surface area contributed by atoms with Crippen molar-refractivity contribution in [3.63, 3.8) is 0 Å². The topological polar surface area (TPSA) is 75.5 Å². The van der Waals surface area contributed by atoms with Crippen LogP contribution in [0.4, 0.5) is 0 Å². The Bertz CT molecular complexity index is 1050. The van der Waals surface area contributed by atoms with Crippen molar-refractivity contribution in [2.24, 2.45) is 5.92 Å². The third-order valence-electron chi connectivity index (χ3n) is 6.25. The molecule has 2 aromatic rings. The maximum Gasteiger partial charge on any atom is 0.262 e. The number of carbonyl (C=O) groups excluding carboxylic acids is 1. The van der Waals surface area contributed by atoms with Gasteiger partial charge in [-0.15, -0.1) is 0 Å². The van der Waals surface area contributed by atoms with Crippen LogP contribution in [0.5, 0.6) is 0 Å². The maximum atomic E-state index is 13.0. The number of benzene rings is 1. The number of aromatic nitrogens is 2. The predicted molar refractivity (Wildman–Crippen MR) is 120 cm³/mol. The molecule has 0 aliphatic carbocycles. The SMILES string of the molecule is CC(C)n1cnc(S(=O)(=O)N2CCC(C(=O)N3CC=C(c4ccccc4)CC3)CC2)c1. The lowest BCUT2D eigenvalue weighted by Gasteiger charge is -2.34. The maximum absolute atomic E-state index is 13.0. The smallest absolute Gasteiger partial charge is 0.262 e. The van der Waals surface area contributed by atoms with Crippen LogP contribution in [0.1, 0.15) is 44.7 Å². The standard InChI is InChI=1S/C23H30N4O3S/c1-18(2)26-16-22(24-17-26)31(29,30)27-14-10-21(11-15-27)23(28)25-12-8-20(9-13-25)19-6-4-3-5-7-19/h3-8,16-18,21H,9-15H2,1-2H3. The summed E-state index contributed by atoms with van der Waals surface area (Å²) < 4.78 is 29.1. The highest BCUT2D eigenvalue weighted by Crippen LogP contribution is 2.27. The molecule has 2 aliphatic heterocycles. The molecule has 166 valence electrons. The van der Waals surface area contributed by atoms with Gasteiger partial charge in [0.25, 0.3) is 10.0 Å². The van der Waals surface area contributed by atoms with Crippen molar-refractivity contribution in [2.75, 3.05) is 26.2 Å². The van der Waals surface area contributed by atoms with E-state index in [1.54, 1.807) is 17.1 Å². The number of hydrogen-bond donors (Lipinski definition) is 0. The minimum Gasteiger partial charge on any atom is -0.338 e. The number of sulfonamides is 1. The minimum atomic E-state index is -3.62. The summed E-state index contributed by atoms with van der Waals surface area (Å²) in [6.07, 6.45) is 7.23. The lowest BCUT2D eigenvalue weighted by molar-refractivity contribution is -0.136. The zero-order valence-corrected chi connectivity index (χ0v) is 19.0. The summed E-state index contributed by atoms with van der Waals surface area (Å²) in [5.74, 6) is 0.0239. The molecule has 0 spiro atoms. The molecule has 0 bridgehead atoms. The molecule has 8 heteroatoms. The number of imidazole rings is 1. The van der Waals surface area contributed by atoms with Crippen molar-refractivity contribution in [1.82, 2.24) is 18.8 Å². The molecule has 3 heterocycles. The van der Waals surface area contributed by atoms with Gasteiger partial charge < -0.3 is 9.47 Å². The first-order valence-electron chi connectivity index (χ1n) is 10.9. The van der Waals surface area contributed by atoms with Gasteiger partial charge in [0, 0.05) is 44.3 Å². The highest BCUT2D eigenvalue weighted by molar-refractivity contribution is 7.89. The summed E-state index contributed by atoms with van der Waals surface area (Å²) in [4.78, 5) is 19.0. The molecular formula is C23H30N4O3S. The summed E-state index contributed by atoms with van der Waals surface area (Å²) in [5, 5.41) is 0.0839. The van der Waals surface area contributed by atoms with Gasteiger partial charge in [0.2, 0.25) is 5.91 Å². The van der Waals surface area contributed by atoms with Crippen LogP contribution >= 0.6 is 0 Å². The number of piperidine rings is 1. The fourth-order valence-electron chi connectivity index (χ4n) is 4.25. The number of carbonyl (C=O) groups is 1. The van der Waals surface area contributed by atoms with Crippen LogP contribution in [0.25, 0.3) is 5.57 Å². The van der Waals surface area contributed by atoms with Gasteiger partial charge in [0.15, 0.2) is 5.03 Å². The number of nitrogens with zero attached hydrogens (tertiary/aromatic N) is 4. The van der Waals surface area contributed by atoms with E-state index in [1.807, 2.05) is 36.9 Å². The Balaban J connectivity index is 1.34. The van der Waals surface area contributed by atoms with Crippen LogP contribution in [-0.2, 0) is 14.8 Å². The van der Waals surface area contributed by atoms with Crippen molar-refractivity contribution in [3.8, 4) is 0 Å². The average Bonchev–Trinajstić information content (AvgIpc) is 3.31. The molecule has 2 aliphatic rings. The molecule has 0 radical (unpaired) electrons.